The molecule has 27 heavy (non-hydrogen) atoms. The van der Waals surface area contributed by atoms with Crippen molar-refractivity contribution in [2.75, 3.05) is 25.0 Å². The molecule has 1 heterocycles. The lowest BCUT2D eigenvalue weighted by molar-refractivity contribution is -0.116. The molecule has 2 aromatic rings. The molecule has 1 amide bonds. The van der Waals surface area contributed by atoms with Crippen LogP contribution in [-0.4, -0.2) is 36.5 Å². The van der Waals surface area contributed by atoms with Crippen LogP contribution in [0, 0.1) is 13.8 Å². The molecule has 0 saturated heterocycles. The number of carbonyl (C=O) groups is 1. The lowest BCUT2D eigenvalue weighted by Crippen LogP contribution is -2.38. The molecule has 8 heteroatoms. The minimum Gasteiger partial charge on any atom is -0.357 e. The minimum atomic E-state index is -0.0853. The van der Waals surface area contributed by atoms with Gasteiger partial charge in [-0.15, -0.1) is 11.3 Å². The second kappa shape index (κ2) is 10.9. The first-order chi connectivity index (χ1) is 13.0. The number of rotatable bonds is 8. The number of hydrogen-bond donors (Lipinski definition) is 3. The van der Waals surface area contributed by atoms with Gasteiger partial charge in [-0.3, -0.25) is 9.79 Å². The molecule has 6 nitrogen and oxygen atoms in total. The standard InChI is InChI=1S/C19H26ClN5OS/c1-4-21-19(22-10-8-15-12-27-14(3)24-15)23-11-9-18(26)25-17-7-5-6-16(20)13(17)2/h5-7,12H,4,8-11H2,1-3H3,(H,25,26)(H2,21,22,23). The molecule has 3 N–H and O–H groups in total. The maximum absolute atomic E-state index is 12.1. The monoisotopic (exact) mass is 407 g/mol. The van der Waals surface area contributed by atoms with Gasteiger partial charge in [0, 0.05) is 42.0 Å². The summed E-state index contributed by atoms with van der Waals surface area (Å²) in [5.41, 5.74) is 2.68. The van der Waals surface area contributed by atoms with Crippen LogP contribution in [0.3, 0.4) is 0 Å². The number of aromatic nitrogens is 1. The fourth-order valence-electron chi connectivity index (χ4n) is 2.40. The van der Waals surface area contributed by atoms with E-state index in [4.69, 9.17) is 11.6 Å². The Hall–Kier alpha value is -2.12. The normalized spacial score (nSPS) is 11.3. The molecular formula is C19H26ClN5OS. The molecule has 1 aromatic carbocycles. The van der Waals surface area contributed by atoms with E-state index in [0.717, 1.165) is 41.5 Å². The summed E-state index contributed by atoms with van der Waals surface area (Å²) in [6.07, 6.45) is 1.14. The van der Waals surface area contributed by atoms with Crippen LogP contribution in [0.4, 0.5) is 5.69 Å². The molecule has 0 aliphatic heterocycles. The molecule has 0 radical (unpaired) electrons. The van der Waals surface area contributed by atoms with Gasteiger partial charge in [-0.1, -0.05) is 17.7 Å². The van der Waals surface area contributed by atoms with Crippen molar-refractivity contribution in [2.24, 2.45) is 4.99 Å². The van der Waals surface area contributed by atoms with Crippen LogP contribution in [0.5, 0.6) is 0 Å². The highest BCUT2D eigenvalue weighted by Gasteiger charge is 2.07. The number of carbonyl (C=O) groups excluding carboxylic acids is 1. The van der Waals surface area contributed by atoms with Crippen LogP contribution in [0.2, 0.25) is 5.02 Å². The van der Waals surface area contributed by atoms with Crippen LogP contribution in [0.15, 0.2) is 28.6 Å². The van der Waals surface area contributed by atoms with E-state index in [1.54, 1.807) is 17.4 Å². The number of halogens is 1. The van der Waals surface area contributed by atoms with E-state index in [1.807, 2.05) is 32.9 Å². The largest absolute Gasteiger partial charge is 0.357 e. The fraction of sp³-hybridized carbons (Fsp3) is 0.421. The number of hydrogen-bond acceptors (Lipinski definition) is 4. The summed E-state index contributed by atoms with van der Waals surface area (Å²) in [4.78, 5) is 21.1. The SMILES string of the molecule is CCNC(=NCCC(=O)Nc1cccc(Cl)c1C)NCCc1csc(C)n1. The number of nitrogens with one attached hydrogen (secondary N) is 3. The molecule has 0 aliphatic rings. The third kappa shape index (κ3) is 7.19. The smallest absolute Gasteiger partial charge is 0.226 e. The Morgan fingerprint density at radius 1 is 1.30 bits per heavy atom. The van der Waals surface area contributed by atoms with Gasteiger partial charge in [0.05, 0.1) is 17.2 Å². The second-order valence-corrected chi connectivity index (χ2v) is 7.48. The number of anilines is 1. The average Bonchev–Trinajstić information content (AvgIpc) is 3.04. The van der Waals surface area contributed by atoms with Crippen molar-refractivity contribution in [3.05, 3.63) is 44.9 Å². The number of amides is 1. The second-order valence-electron chi connectivity index (χ2n) is 6.01. The third-order valence-electron chi connectivity index (χ3n) is 3.83. The maximum atomic E-state index is 12.1. The van der Waals surface area contributed by atoms with E-state index in [2.05, 4.69) is 31.3 Å². The molecule has 0 unspecified atom stereocenters. The summed E-state index contributed by atoms with van der Waals surface area (Å²) in [5.74, 6) is 0.620. The predicted molar refractivity (Wildman–Crippen MR) is 114 cm³/mol. The molecule has 146 valence electrons. The highest BCUT2D eigenvalue weighted by molar-refractivity contribution is 7.09. The van der Waals surface area contributed by atoms with Gasteiger partial charge in [0.1, 0.15) is 0 Å². The molecule has 2 rings (SSSR count). The van der Waals surface area contributed by atoms with Gasteiger partial charge in [-0.2, -0.15) is 0 Å². The van der Waals surface area contributed by atoms with Gasteiger partial charge >= 0.3 is 0 Å². The van der Waals surface area contributed by atoms with Crippen molar-refractivity contribution in [1.29, 1.82) is 0 Å². The first-order valence-corrected chi connectivity index (χ1v) is 10.2. The third-order valence-corrected chi connectivity index (χ3v) is 5.07. The van der Waals surface area contributed by atoms with Gasteiger partial charge in [0.2, 0.25) is 5.91 Å². The average molecular weight is 408 g/mol. The molecule has 0 bridgehead atoms. The number of nitrogens with zero attached hydrogens (tertiary/aromatic N) is 2. The molecule has 0 saturated carbocycles. The van der Waals surface area contributed by atoms with Crippen molar-refractivity contribution in [2.45, 2.75) is 33.6 Å². The predicted octanol–water partition coefficient (Wildman–Crippen LogP) is 3.54. The number of guanidine groups is 1. The number of aliphatic imine (C=N–C) groups is 1. The Balaban J connectivity index is 1.79. The minimum absolute atomic E-state index is 0.0853. The molecule has 0 aliphatic carbocycles. The Kier molecular flexibility index (Phi) is 8.54. The zero-order valence-corrected chi connectivity index (χ0v) is 17.5. The van der Waals surface area contributed by atoms with Crippen LogP contribution >= 0.6 is 22.9 Å². The van der Waals surface area contributed by atoms with Gasteiger partial charge in [0.15, 0.2) is 5.96 Å². The van der Waals surface area contributed by atoms with E-state index in [9.17, 15) is 4.79 Å². The van der Waals surface area contributed by atoms with Crippen molar-refractivity contribution < 1.29 is 4.79 Å². The van der Waals surface area contributed by atoms with Gasteiger partial charge < -0.3 is 16.0 Å². The van der Waals surface area contributed by atoms with Crippen molar-refractivity contribution in [1.82, 2.24) is 15.6 Å². The van der Waals surface area contributed by atoms with Crippen LogP contribution in [-0.2, 0) is 11.2 Å². The van der Waals surface area contributed by atoms with E-state index in [0.29, 0.717) is 23.9 Å². The summed E-state index contributed by atoms with van der Waals surface area (Å²) in [7, 11) is 0. The van der Waals surface area contributed by atoms with Gasteiger partial charge in [-0.25, -0.2) is 4.98 Å². The number of aryl methyl sites for hydroxylation is 1. The molecule has 0 spiro atoms. The van der Waals surface area contributed by atoms with Gasteiger partial charge in [0.25, 0.3) is 0 Å². The molecular weight excluding hydrogens is 382 g/mol. The molecule has 1 aromatic heterocycles. The van der Waals surface area contributed by atoms with E-state index >= 15 is 0 Å². The summed E-state index contributed by atoms with van der Waals surface area (Å²) in [5, 5.41) is 13.1. The Labute approximate surface area is 169 Å². The first kappa shape index (κ1) is 21.2. The summed E-state index contributed by atoms with van der Waals surface area (Å²) in [6.45, 7) is 7.79. The molecule has 0 atom stereocenters. The summed E-state index contributed by atoms with van der Waals surface area (Å²) in [6, 6.07) is 5.46. The maximum Gasteiger partial charge on any atom is 0.226 e. The number of benzene rings is 1. The van der Waals surface area contributed by atoms with Crippen LogP contribution in [0.1, 0.15) is 29.6 Å². The number of thiazole rings is 1. The topological polar surface area (TPSA) is 78.4 Å². The Morgan fingerprint density at radius 3 is 2.81 bits per heavy atom. The summed E-state index contributed by atoms with van der Waals surface area (Å²) >= 11 is 7.73. The van der Waals surface area contributed by atoms with Crippen molar-refractivity contribution in [3.8, 4) is 0 Å². The lowest BCUT2D eigenvalue weighted by atomic mass is 10.2. The summed E-state index contributed by atoms with van der Waals surface area (Å²) < 4.78 is 0. The van der Waals surface area contributed by atoms with Crippen LogP contribution in [0.25, 0.3) is 0 Å². The van der Waals surface area contributed by atoms with E-state index < -0.39 is 0 Å². The highest BCUT2D eigenvalue weighted by atomic mass is 35.5. The highest BCUT2D eigenvalue weighted by Crippen LogP contribution is 2.22. The van der Waals surface area contributed by atoms with Crippen LogP contribution < -0.4 is 16.0 Å². The van der Waals surface area contributed by atoms with Crippen molar-refractivity contribution >= 4 is 40.5 Å². The zero-order chi connectivity index (χ0) is 19.6. The Bertz CT molecular complexity index is 790. The van der Waals surface area contributed by atoms with E-state index in [1.165, 1.54) is 0 Å². The zero-order valence-electron chi connectivity index (χ0n) is 15.9. The van der Waals surface area contributed by atoms with Crippen molar-refractivity contribution in [3.63, 3.8) is 0 Å². The first-order valence-electron chi connectivity index (χ1n) is 8.97. The van der Waals surface area contributed by atoms with E-state index in [-0.39, 0.29) is 5.91 Å². The lowest BCUT2D eigenvalue weighted by Gasteiger charge is -2.11. The Morgan fingerprint density at radius 2 is 2.11 bits per heavy atom. The molecule has 0 fully saturated rings. The quantitative estimate of drug-likeness (QED) is 0.462. The fourth-order valence-corrected chi connectivity index (χ4v) is 3.22. The van der Waals surface area contributed by atoms with Gasteiger partial charge in [-0.05, 0) is 38.5 Å².